The number of hydrogen-bond acceptors (Lipinski definition) is 9. The van der Waals surface area contributed by atoms with Gasteiger partial charge in [0.25, 0.3) is 0 Å². The number of nitrogens with one attached hydrogen (secondary N) is 2. The van der Waals surface area contributed by atoms with Gasteiger partial charge in [0, 0.05) is 53.6 Å². The van der Waals surface area contributed by atoms with E-state index in [-0.39, 0.29) is 5.92 Å². The molecule has 0 fully saturated rings. The first-order valence-electron chi connectivity index (χ1n) is 10.4. The summed E-state index contributed by atoms with van der Waals surface area (Å²) in [6.45, 7) is 4.59. The van der Waals surface area contributed by atoms with Crippen LogP contribution in [0.2, 0.25) is 0 Å². The fourth-order valence-electron chi connectivity index (χ4n) is 3.65. The molecule has 10 heteroatoms. The molecule has 2 N–H and O–H groups in total. The second-order valence-electron chi connectivity index (χ2n) is 7.63. The van der Waals surface area contributed by atoms with Crippen molar-refractivity contribution < 1.29 is 4.52 Å². The van der Waals surface area contributed by atoms with Crippen molar-refractivity contribution in [1.82, 2.24) is 35.1 Å². The molecule has 5 rings (SSSR count). The van der Waals surface area contributed by atoms with Gasteiger partial charge in [-0.25, -0.2) is 24.7 Å². The third-order valence-electron chi connectivity index (χ3n) is 5.36. The van der Waals surface area contributed by atoms with E-state index >= 15 is 0 Å². The van der Waals surface area contributed by atoms with Gasteiger partial charge in [-0.15, -0.1) is 0 Å². The van der Waals surface area contributed by atoms with Crippen LogP contribution in [0.3, 0.4) is 0 Å². The maximum absolute atomic E-state index is 11.4. The number of anilines is 1. The number of aromatic amines is 1. The summed E-state index contributed by atoms with van der Waals surface area (Å²) in [6, 6.07) is 9.65. The molecule has 4 heterocycles. The van der Waals surface area contributed by atoms with E-state index in [9.17, 15) is 4.79 Å². The van der Waals surface area contributed by atoms with Crippen molar-refractivity contribution in [3.05, 3.63) is 77.2 Å². The van der Waals surface area contributed by atoms with E-state index in [1.54, 1.807) is 24.7 Å². The van der Waals surface area contributed by atoms with Crippen molar-refractivity contribution in [3.63, 3.8) is 0 Å². The molecule has 0 saturated carbocycles. The van der Waals surface area contributed by atoms with Crippen LogP contribution in [0.25, 0.3) is 33.5 Å². The second-order valence-corrected chi connectivity index (χ2v) is 7.63. The van der Waals surface area contributed by atoms with Gasteiger partial charge in [-0.3, -0.25) is 14.5 Å². The summed E-state index contributed by atoms with van der Waals surface area (Å²) in [5.74, 6) is 1.33. The smallest absolute Gasteiger partial charge is 0.369 e. The van der Waals surface area contributed by atoms with Crippen molar-refractivity contribution in [1.29, 1.82) is 0 Å². The Bertz CT molecular complexity index is 1480. The predicted octanol–water partition coefficient (Wildman–Crippen LogP) is 3.35. The average molecular weight is 440 g/mol. The molecule has 0 radical (unpaired) electrons. The van der Waals surface area contributed by atoms with Crippen LogP contribution in [0.5, 0.6) is 0 Å². The van der Waals surface area contributed by atoms with E-state index in [0.29, 0.717) is 24.0 Å². The van der Waals surface area contributed by atoms with Crippen molar-refractivity contribution in [2.45, 2.75) is 19.8 Å². The largest absolute Gasteiger partial charge is 0.439 e. The minimum atomic E-state index is -0.592. The number of benzene rings is 1. The molecule has 0 aliphatic heterocycles. The number of aryl methyl sites for hydroxylation is 1. The molecule has 1 atom stereocenters. The highest BCUT2D eigenvalue weighted by molar-refractivity contribution is 5.94. The Morgan fingerprint density at radius 1 is 1.09 bits per heavy atom. The molecule has 0 bridgehead atoms. The molecular weight excluding hydrogens is 420 g/mol. The number of para-hydroxylation sites is 1. The molecule has 0 aliphatic rings. The highest BCUT2D eigenvalue weighted by Gasteiger charge is 2.15. The first-order valence-corrected chi connectivity index (χ1v) is 10.4. The maximum Gasteiger partial charge on any atom is 0.439 e. The lowest BCUT2D eigenvalue weighted by atomic mass is 9.96. The highest BCUT2D eigenvalue weighted by atomic mass is 16.5. The first-order chi connectivity index (χ1) is 16.1. The van der Waals surface area contributed by atoms with Gasteiger partial charge in [-0.05, 0) is 18.6 Å². The lowest BCUT2D eigenvalue weighted by Gasteiger charge is -2.16. The zero-order chi connectivity index (χ0) is 22.8. The van der Waals surface area contributed by atoms with E-state index in [1.807, 2.05) is 31.2 Å². The molecular formula is C23H20N8O2. The van der Waals surface area contributed by atoms with E-state index < -0.39 is 5.76 Å². The average Bonchev–Trinajstić information content (AvgIpc) is 3.28. The van der Waals surface area contributed by atoms with Crippen molar-refractivity contribution in [3.8, 4) is 22.6 Å². The number of H-pyrrole nitrogens is 1. The molecule has 0 spiro atoms. The van der Waals surface area contributed by atoms with Crippen molar-refractivity contribution in [2.75, 3.05) is 11.9 Å². The fourth-order valence-corrected chi connectivity index (χ4v) is 3.65. The minimum absolute atomic E-state index is 0.119. The third-order valence-corrected chi connectivity index (χ3v) is 5.36. The van der Waals surface area contributed by atoms with E-state index in [4.69, 9.17) is 0 Å². The molecule has 164 valence electrons. The van der Waals surface area contributed by atoms with E-state index in [0.717, 1.165) is 33.3 Å². The van der Waals surface area contributed by atoms with Crippen molar-refractivity contribution in [2.24, 2.45) is 0 Å². The lowest BCUT2D eigenvalue weighted by Crippen LogP contribution is -2.12. The van der Waals surface area contributed by atoms with Gasteiger partial charge in [-0.1, -0.05) is 30.3 Å². The van der Waals surface area contributed by atoms with Gasteiger partial charge in [0.15, 0.2) is 5.82 Å². The zero-order valence-electron chi connectivity index (χ0n) is 18.0. The Hall–Kier alpha value is -4.47. The Morgan fingerprint density at radius 2 is 1.94 bits per heavy atom. The van der Waals surface area contributed by atoms with Crippen molar-refractivity contribution >= 4 is 16.7 Å². The standard InChI is InChI=1S/C23H20N8O2/c1-13(9-27-20-8-19(28-12-29-20)15-10-25-14(2)26-11-15)16-4-3-5-17-18(6-7-24-21(16)17)22-30-23(32)33-31-22/h3-8,10-13H,9H2,1-2H3,(H,27,28,29)(H,30,31,32)/t13-/m1/s1. The Kier molecular flexibility index (Phi) is 5.31. The molecule has 0 aliphatic carbocycles. The van der Waals surface area contributed by atoms with Crippen LogP contribution >= 0.6 is 0 Å². The monoisotopic (exact) mass is 440 g/mol. The van der Waals surface area contributed by atoms with E-state index in [2.05, 4.69) is 51.8 Å². The number of pyridine rings is 1. The number of nitrogens with zero attached hydrogens (tertiary/aromatic N) is 6. The number of hydrogen-bond donors (Lipinski definition) is 2. The van der Waals surface area contributed by atoms with Crippen LogP contribution in [0, 0.1) is 6.92 Å². The summed E-state index contributed by atoms with van der Waals surface area (Å²) in [6.07, 6.45) is 6.72. The van der Waals surface area contributed by atoms with Crippen LogP contribution in [0.1, 0.15) is 24.2 Å². The Morgan fingerprint density at radius 3 is 2.73 bits per heavy atom. The zero-order valence-corrected chi connectivity index (χ0v) is 18.0. The lowest BCUT2D eigenvalue weighted by molar-refractivity contribution is 0.388. The molecule has 0 amide bonds. The fraction of sp³-hybridized carbons (Fsp3) is 0.174. The SMILES string of the molecule is Cc1ncc(-c2cc(NC[C@@H](C)c3cccc4c(-c5noc(=O)[nH]5)ccnc34)ncn2)cn1. The molecule has 0 saturated heterocycles. The summed E-state index contributed by atoms with van der Waals surface area (Å²) < 4.78 is 4.67. The molecule has 4 aromatic heterocycles. The summed E-state index contributed by atoms with van der Waals surface area (Å²) >= 11 is 0. The molecule has 1 aromatic carbocycles. The Balaban J connectivity index is 1.39. The quantitative estimate of drug-likeness (QED) is 0.407. The topological polar surface area (TPSA) is 135 Å². The normalized spacial score (nSPS) is 12.1. The highest BCUT2D eigenvalue weighted by Crippen LogP contribution is 2.30. The molecule has 10 nitrogen and oxygen atoms in total. The second kappa shape index (κ2) is 8.58. The van der Waals surface area contributed by atoms with Gasteiger partial charge >= 0.3 is 5.76 Å². The van der Waals surface area contributed by atoms with E-state index in [1.165, 1.54) is 6.33 Å². The summed E-state index contributed by atoms with van der Waals surface area (Å²) in [5.41, 5.74) is 4.24. The summed E-state index contributed by atoms with van der Waals surface area (Å²) in [7, 11) is 0. The van der Waals surface area contributed by atoms with Gasteiger partial charge in [-0.2, -0.15) is 0 Å². The number of fused-ring (bicyclic) bond motifs is 1. The van der Waals surface area contributed by atoms with Gasteiger partial charge < -0.3 is 5.32 Å². The van der Waals surface area contributed by atoms with Gasteiger partial charge in [0.05, 0.1) is 11.2 Å². The van der Waals surface area contributed by atoms with Crippen LogP contribution < -0.4 is 11.1 Å². The van der Waals surface area contributed by atoms with Crippen LogP contribution in [0.4, 0.5) is 5.82 Å². The third kappa shape index (κ3) is 4.18. The number of aromatic nitrogens is 7. The number of rotatable bonds is 6. The first kappa shape index (κ1) is 20.4. The van der Waals surface area contributed by atoms with Crippen LogP contribution in [-0.2, 0) is 0 Å². The van der Waals surface area contributed by atoms with Gasteiger partial charge in [0.1, 0.15) is 18.0 Å². The molecule has 0 unspecified atom stereocenters. The summed E-state index contributed by atoms with van der Waals surface area (Å²) in [4.78, 5) is 35.7. The van der Waals surface area contributed by atoms with Gasteiger partial charge in [0.2, 0.25) is 0 Å². The predicted molar refractivity (Wildman–Crippen MR) is 123 cm³/mol. The summed E-state index contributed by atoms with van der Waals surface area (Å²) in [5, 5.41) is 8.09. The molecule has 33 heavy (non-hydrogen) atoms. The van der Waals surface area contributed by atoms with Crippen LogP contribution in [0.15, 0.2) is 64.6 Å². The molecule has 5 aromatic rings. The maximum atomic E-state index is 11.4. The minimum Gasteiger partial charge on any atom is -0.369 e. The Labute approximate surface area is 188 Å². The van der Waals surface area contributed by atoms with Crippen LogP contribution in [-0.4, -0.2) is 41.6 Å².